The normalized spacial score (nSPS) is 11.7. The molecule has 0 bridgehead atoms. The number of furan rings is 1. The summed E-state index contributed by atoms with van der Waals surface area (Å²) in [6.45, 7) is 9.95. The summed E-state index contributed by atoms with van der Waals surface area (Å²) in [4.78, 5) is 0. The Balaban J connectivity index is 1.89. The summed E-state index contributed by atoms with van der Waals surface area (Å²) < 4.78 is 8.51. The van der Waals surface area contributed by atoms with Gasteiger partial charge in [0, 0.05) is 29.3 Å². The Morgan fingerprint density at radius 3 is 2.54 bits per heavy atom. The lowest BCUT2D eigenvalue weighted by molar-refractivity contribution is -0.687. The molecule has 132 valence electrons. The maximum absolute atomic E-state index is 6.13. The topological polar surface area (TPSA) is 17.0 Å². The van der Waals surface area contributed by atoms with Crippen LogP contribution in [-0.4, -0.2) is 0 Å². The molecule has 0 aliphatic heterocycles. The molecule has 0 aliphatic carbocycles. The minimum atomic E-state index is 0.690. The smallest absolute Gasteiger partial charge is 0.213 e. The molecule has 0 fully saturated rings. The summed E-state index contributed by atoms with van der Waals surface area (Å²) in [6.07, 6.45) is 3.39. The number of pyridine rings is 1. The van der Waals surface area contributed by atoms with Gasteiger partial charge in [0.1, 0.15) is 17.7 Å². The molecule has 0 amide bonds. The Bertz CT molecular complexity index is 1090. The van der Waals surface area contributed by atoms with Gasteiger partial charge >= 0.3 is 0 Å². The maximum Gasteiger partial charge on any atom is 0.213 e. The minimum Gasteiger partial charge on any atom is -0.456 e. The highest BCUT2D eigenvalue weighted by molar-refractivity contribution is 6.06. The number of aromatic nitrogens is 1. The Kier molecular flexibility index (Phi) is 4.28. The lowest BCUT2D eigenvalue weighted by Gasteiger charge is -2.09. The lowest BCUT2D eigenvalue weighted by Crippen LogP contribution is -2.36. The first-order valence-corrected chi connectivity index (χ1v) is 9.45. The van der Waals surface area contributed by atoms with E-state index in [1.54, 1.807) is 0 Å². The third kappa shape index (κ3) is 3.01. The minimum absolute atomic E-state index is 0.690. The van der Waals surface area contributed by atoms with Gasteiger partial charge in [0.15, 0.2) is 6.20 Å². The van der Waals surface area contributed by atoms with Crippen LogP contribution >= 0.6 is 0 Å². The molecule has 0 unspecified atom stereocenters. The van der Waals surface area contributed by atoms with E-state index in [4.69, 9.17) is 4.42 Å². The average Bonchev–Trinajstić information content (AvgIpc) is 2.97. The highest BCUT2D eigenvalue weighted by Gasteiger charge is 2.18. The van der Waals surface area contributed by atoms with Crippen molar-refractivity contribution in [3.05, 3.63) is 65.9 Å². The first-order valence-electron chi connectivity index (χ1n) is 9.45. The molecule has 0 N–H and O–H groups in total. The van der Waals surface area contributed by atoms with Crippen molar-refractivity contribution in [1.82, 2.24) is 0 Å². The third-order valence-electron chi connectivity index (χ3n) is 5.14. The lowest BCUT2D eigenvalue weighted by atomic mass is 10.00. The molecule has 2 heterocycles. The summed E-state index contributed by atoms with van der Waals surface area (Å²) in [5.41, 5.74) is 7.01. The van der Waals surface area contributed by atoms with Gasteiger partial charge < -0.3 is 4.42 Å². The van der Waals surface area contributed by atoms with Gasteiger partial charge in [0.2, 0.25) is 5.69 Å². The van der Waals surface area contributed by atoms with Crippen LogP contribution in [0.5, 0.6) is 0 Å². The molecule has 26 heavy (non-hydrogen) atoms. The van der Waals surface area contributed by atoms with Gasteiger partial charge in [-0.25, -0.2) is 0 Å². The molecular formula is C24H26NO+. The molecular weight excluding hydrogens is 318 g/mol. The molecule has 0 saturated heterocycles. The van der Waals surface area contributed by atoms with Gasteiger partial charge in [0.25, 0.3) is 0 Å². The van der Waals surface area contributed by atoms with E-state index < -0.39 is 0 Å². The Morgan fingerprint density at radius 2 is 1.73 bits per heavy atom. The Labute approximate surface area is 155 Å². The molecule has 0 saturated carbocycles. The van der Waals surface area contributed by atoms with Gasteiger partial charge in [-0.05, 0) is 49.1 Å². The van der Waals surface area contributed by atoms with Gasteiger partial charge in [0.05, 0.1) is 5.56 Å². The van der Waals surface area contributed by atoms with Crippen LogP contribution in [0.1, 0.15) is 31.4 Å². The molecule has 2 heteroatoms. The zero-order valence-electron chi connectivity index (χ0n) is 16.0. The van der Waals surface area contributed by atoms with Crippen LogP contribution in [-0.2, 0) is 6.54 Å². The van der Waals surface area contributed by atoms with Crippen LogP contribution in [0.3, 0.4) is 0 Å². The zero-order valence-corrected chi connectivity index (χ0v) is 16.0. The standard InChI is InChI=1S/C24H26NO/c1-16(2)9-11-25-12-10-17(3)13-22(25)20-15-24-21(14-18(20)4)19-7-5-6-8-23(19)26-24/h5-8,10,12-16H,9,11H2,1-4H3/q+1. The van der Waals surface area contributed by atoms with E-state index in [2.05, 4.69) is 74.9 Å². The fourth-order valence-electron chi connectivity index (χ4n) is 3.61. The van der Waals surface area contributed by atoms with Crippen molar-refractivity contribution in [2.24, 2.45) is 5.92 Å². The van der Waals surface area contributed by atoms with Crippen LogP contribution < -0.4 is 4.57 Å². The quantitative estimate of drug-likeness (QED) is 0.403. The summed E-state index contributed by atoms with van der Waals surface area (Å²) in [5.74, 6) is 0.690. The van der Waals surface area contributed by atoms with Crippen molar-refractivity contribution in [1.29, 1.82) is 0 Å². The van der Waals surface area contributed by atoms with Crippen LogP contribution in [0.4, 0.5) is 0 Å². The summed E-state index contributed by atoms with van der Waals surface area (Å²) in [7, 11) is 0. The van der Waals surface area contributed by atoms with E-state index in [9.17, 15) is 0 Å². The number of benzene rings is 2. The van der Waals surface area contributed by atoms with Crippen molar-refractivity contribution in [3.63, 3.8) is 0 Å². The number of nitrogens with zero attached hydrogens (tertiary/aromatic N) is 1. The molecule has 4 aromatic rings. The number of hydrogen-bond donors (Lipinski definition) is 0. The predicted octanol–water partition coefficient (Wildman–Crippen LogP) is 6.20. The molecule has 0 radical (unpaired) electrons. The van der Waals surface area contributed by atoms with E-state index in [1.807, 2.05) is 12.1 Å². The van der Waals surface area contributed by atoms with E-state index in [0.717, 1.165) is 17.7 Å². The monoisotopic (exact) mass is 344 g/mol. The number of hydrogen-bond acceptors (Lipinski definition) is 1. The van der Waals surface area contributed by atoms with Crippen molar-refractivity contribution in [2.45, 2.75) is 40.7 Å². The van der Waals surface area contributed by atoms with E-state index in [0.29, 0.717) is 5.92 Å². The van der Waals surface area contributed by atoms with Crippen LogP contribution in [0, 0.1) is 19.8 Å². The highest BCUT2D eigenvalue weighted by atomic mass is 16.3. The van der Waals surface area contributed by atoms with E-state index in [-0.39, 0.29) is 0 Å². The van der Waals surface area contributed by atoms with Gasteiger partial charge in [-0.3, -0.25) is 0 Å². The van der Waals surface area contributed by atoms with Gasteiger partial charge in [-0.2, -0.15) is 4.57 Å². The SMILES string of the molecule is Cc1cc[n+](CCC(C)C)c(-c2cc3oc4ccccc4c3cc2C)c1. The second-order valence-corrected chi connectivity index (χ2v) is 7.73. The second-order valence-electron chi connectivity index (χ2n) is 7.73. The van der Waals surface area contributed by atoms with E-state index >= 15 is 0 Å². The summed E-state index contributed by atoms with van der Waals surface area (Å²) in [6, 6.07) is 17.2. The fraction of sp³-hybridized carbons (Fsp3) is 0.292. The van der Waals surface area contributed by atoms with Crippen molar-refractivity contribution < 1.29 is 8.98 Å². The highest BCUT2D eigenvalue weighted by Crippen LogP contribution is 2.33. The zero-order chi connectivity index (χ0) is 18.3. The van der Waals surface area contributed by atoms with Gasteiger partial charge in [-0.15, -0.1) is 0 Å². The molecule has 2 aromatic heterocycles. The Hall–Kier alpha value is -2.61. The number of fused-ring (bicyclic) bond motifs is 3. The van der Waals surface area contributed by atoms with Crippen molar-refractivity contribution >= 4 is 21.9 Å². The number of aryl methyl sites for hydroxylation is 3. The van der Waals surface area contributed by atoms with Crippen LogP contribution in [0.2, 0.25) is 0 Å². The average molecular weight is 344 g/mol. The maximum atomic E-state index is 6.13. The molecule has 0 aliphatic rings. The molecule has 0 spiro atoms. The molecule has 2 aromatic carbocycles. The van der Waals surface area contributed by atoms with Crippen molar-refractivity contribution in [3.8, 4) is 11.3 Å². The number of para-hydroxylation sites is 1. The molecule has 2 nitrogen and oxygen atoms in total. The fourth-order valence-corrected chi connectivity index (χ4v) is 3.61. The number of rotatable bonds is 4. The summed E-state index contributed by atoms with van der Waals surface area (Å²) in [5, 5.41) is 2.39. The van der Waals surface area contributed by atoms with Gasteiger partial charge in [-0.1, -0.05) is 32.0 Å². The van der Waals surface area contributed by atoms with Crippen LogP contribution in [0.15, 0.2) is 59.1 Å². The summed E-state index contributed by atoms with van der Waals surface area (Å²) >= 11 is 0. The van der Waals surface area contributed by atoms with Crippen molar-refractivity contribution in [2.75, 3.05) is 0 Å². The largest absolute Gasteiger partial charge is 0.456 e. The third-order valence-corrected chi connectivity index (χ3v) is 5.14. The molecule has 4 rings (SSSR count). The Morgan fingerprint density at radius 1 is 0.923 bits per heavy atom. The van der Waals surface area contributed by atoms with Crippen LogP contribution in [0.25, 0.3) is 33.2 Å². The molecule has 0 atom stereocenters. The second kappa shape index (κ2) is 6.60. The predicted molar refractivity (Wildman–Crippen MR) is 108 cm³/mol. The van der Waals surface area contributed by atoms with E-state index in [1.165, 1.54) is 39.6 Å². The first-order chi connectivity index (χ1) is 12.5. The first kappa shape index (κ1) is 16.8.